The van der Waals surface area contributed by atoms with E-state index in [1.165, 1.54) is 0 Å². The third-order valence-electron chi connectivity index (χ3n) is 6.19. The molecule has 2 amide bonds. The summed E-state index contributed by atoms with van der Waals surface area (Å²) in [5.41, 5.74) is -1.87. The van der Waals surface area contributed by atoms with Gasteiger partial charge < -0.3 is 20.0 Å². The Bertz CT molecular complexity index is 879. The fourth-order valence-electron chi connectivity index (χ4n) is 4.13. The molecular weight excluding hydrogens is 443 g/mol. The molecule has 0 aromatic heterocycles. The molecule has 3 rings (SSSR count). The van der Waals surface area contributed by atoms with Crippen molar-refractivity contribution in [1.82, 2.24) is 14.7 Å². The normalized spacial score (nSPS) is 18.3. The van der Waals surface area contributed by atoms with Crippen LogP contribution in [0, 0.1) is 16.0 Å². The molecule has 2 saturated heterocycles. The number of nitro benzene ring substituents is 1. The summed E-state index contributed by atoms with van der Waals surface area (Å²) in [6.45, 7) is 4.12. The molecule has 2 heterocycles. The van der Waals surface area contributed by atoms with Crippen LogP contribution in [0.1, 0.15) is 24.8 Å². The van der Waals surface area contributed by atoms with E-state index in [2.05, 4.69) is 10.2 Å². The van der Waals surface area contributed by atoms with Gasteiger partial charge in [0, 0.05) is 64.2 Å². The molecule has 1 N–H and O–H groups in total. The quantitative estimate of drug-likeness (QED) is 0.506. The number of anilines is 1. The van der Waals surface area contributed by atoms with Gasteiger partial charge in [-0.3, -0.25) is 19.7 Å². The molecule has 0 saturated carbocycles. The highest BCUT2D eigenvalue weighted by Crippen LogP contribution is 2.35. The number of amides is 2. The van der Waals surface area contributed by atoms with E-state index in [1.807, 2.05) is 11.9 Å². The largest absolute Gasteiger partial charge is 0.416 e. The molecule has 182 valence electrons. The van der Waals surface area contributed by atoms with Crippen molar-refractivity contribution in [2.75, 3.05) is 58.2 Å². The Morgan fingerprint density at radius 1 is 1.09 bits per heavy atom. The first kappa shape index (κ1) is 24.7. The minimum Gasteiger partial charge on any atom is -0.379 e. The summed E-state index contributed by atoms with van der Waals surface area (Å²) in [6, 6.07) is 2.24. The maximum atomic E-state index is 12.8. The summed E-state index contributed by atoms with van der Waals surface area (Å²) in [7, 11) is 2.02. The molecule has 2 aliphatic rings. The van der Waals surface area contributed by atoms with E-state index in [0.717, 1.165) is 38.3 Å². The van der Waals surface area contributed by atoms with Crippen LogP contribution < -0.4 is 5.32 Å². The van der Waals surface area contributed by atoms with E-state index in [1.54, 1.807) is 4.90 Å². The lowest BCUT2D eigenvalue weighted by Crippen LogP contribution is -2.51. The fourth-order valence-corrected chi connectivity index (χ4v) is 4.13. The summed E-state index contributed by atoms with van der Waals surface area (Å²) in [5.74, 6) is -0.112. The number of likely N-dealkylation sites (N-methyl/N-ethyl adjacent to an activating group) is 1. The second-order valence-electron chi connectivity index (χ2n) is 8.45. The molecule has 0 bridgehead atoms. The number of piperazine rings is 1. The summed E-state index contributed by atoms with van der Waals surface area (Å²) < 4.78 is 38.4. The molecule has 12 heteroatoms. The van der Waals surface area contributed by atoms with Crippen LogP contribution in [0.15, 0.2) is 18.2 Å². The number of nitrogens with zero attached hydrogens (tertiary/aromatic N) is 4. The average molecular weight is 471 g/mol. The van der Waals surface area contributed by atoms with E-state index in [0.29, 0.717) is 32.0 Å². The van der Waals surface area contributed by atoms with Crippen molar-refractivity contribution in [1.29, 1.82) is 0 Å². The molecule has 1 aromatic rings. The number of piperidine rings is 1. The number of carbonyl (C=O) groups is 2. The maximum Gasteiger partial charge on any atom is 0.416 e. The molecule has 33 heavy (non-hydrogen) atoms. The second-order valence-corrected chi connectivity index (χ2v) is 8.45. The minimum atomic E-state index is -4.68. The minimum absolute atomic E-state index is 0.0370. The van der Waals surface area contributed by atoms with Crippen molar-refractivity contribution in [3.8, 4) is 0 Å². The smallest absolute Gasteiger partial charge is 0.379 e. The Hall–Kier alpha value is -2.89. The van der Waals surface area contributed by atoms with Crippen molar-refractivity contribution in [3.05, 3.63) is 33.9 Å². The molecule has 0 unspecified atom stereocenters. The Labute approximate surface area is 189 Å². The second kappa shape index (κ2) is 10.4. The van der Waals surface area contributed by atoms with Crippen molar-refractivity contribution < 1.29 is 27.7 Å². The van der Waals surface area contributed by atoms with Crippen molar-refractivity contribution in [3.63, 3.8) is 0 Å². The van der Waals surface area contributed by atoms with Gasteiger partial charge in [0.05, 0.1) is 10.5 Å². The molecule has 0 radical (unpaired) electrons. The van der Waals surface area contributed by atoms with Crippen LogP contribution in [-0.2, 0) is 15.8 Å². The number of hydrogen-bond donors (Lipinski definition) is 1. The van der Waals surface area contributed by atoms with E-state index in [9.17, 15) is 32.9 Å². The highest BCUT2D eigenvalue weighted by Gasteiger charge is 2.33. The van der Waals surface area contributed by atoms with Gasteiger partial charge in [0.25, 0.3) is 5.69 Å². The highest BCUT2D eigenvalue weighted by atomic mass is 19.4. The molecule has 1 aromatic carbocycles. The standard InChI is InChI=1S/C21H28F3N5O4/c1-26-10-12-28(13-11-26)20(31)15-5-8-27(9-6-15)19(30)4-7-25-17-3-2-16(21(22,23)24)14-18(17)29(32)33/h2-3,14-15,25H,4-13H2,1H3. The maximum absolute atomic E-state index is 12.8. The number of rotatable bonds is 6. The molecule has 2 fully saturated rings. The van der Waals surface area contributed by atoms with Gasteiger partial charge in [0.2, 0.25) is 11.8 Å². The van der Waals surface area contributed by atoms with Gasteiger partial charge in [-0.15, -0.1) is 0 Å². The highest BCUT2D eigenvalue weighted by molar-refractivity contribution is 5.80. The van der Waals surface area contributed by atoms with Crippen LogP contribution in [-0.4, -0.2) is 84.3 Å². The van der Waals surface area contributed by atoms with E-state index in [4.69, 9.17) is 0 Å². The van der Waals surface area contributed by atoms with E-state index < -0.39 is 22.4 Å². The van der Waals surface area contributed by atoms with Gasteiger partial charge in [0.15, 0.2) is 0 Å². The fraction of sp³-hybridized carbons (Fsp3) is 0.619. The van der Waals surface area contributed by atoms with Crippen molar-refractivity contribution >= 4 is 23.2 Å². The van der Waals surface area contributed by atoms with E-state index >= 15 is 0 Å². The predicted octanol–water partition coefficient (Wildman–Crippen LogP) is 2.43. The van der Waals surface area contributed by atoms with Gasteiger partial charge in [-0.1, -0.05) is 0 Å². The molecule has 0 aliphatic carbocycles. The third-order valence-corrected chi connectivity index (χ3v) is 6.19. The van der Waals surface area contributed by atoms with Crippen LogP contribution in [0.2, 0.25) is 0 Å². The number of carbonyl (C=O) groups excluding carboxylic acids is 2. The number of nitrogens with one attached hydrogen (secondary N) is 1. The van der Waals surface area contributed by atoms with Crippen LogP contribution in [0.4, 0.5) is 24.5 Å². The molecule has 2 aliphatic heterocycles. The van der Waals surface area contributed by atoms with Gasteiger partial charge in [-0.2, -0.15) is 13.2 Å². The van der Waals surface area contributed by atoms with Crippen LogP contribution >= 0.6 is 0 Å². The molecule has 0 atom stereocenters. The predicted molar refractivity (Wildman–Crippen MR) is 115 cm³/mol. The molecule has 0 spiro atoms. The lowest BCUT2D eigenvalue weighted by Gasteiger charge is -2.37. The Balaban J connectivity index is 1.46. The summed E-state index contributed by atoms with van der Waals surface area (Å²) in [6.07, 6.45) is -3.46. The lowest BCUT2D eigenvalue weighted by atomic mass is 9.94. The number of hydrogen-bond acceptors (Lipinski definition) is 6. The SMILES string of the molecule is CN1CCN(C(=O)C2CCN(C(=O)CCNc3ccc(C(F)(F)F)cc3[N+](=O)[O-])CC2)CC1. The Kier molecular flexibility index (Phi) is 7.77. The zero-order valence-corrected chi connectivity index (χ0v) is 18.4. The van der Waals surface area contributed by atoms with Crippen LogP contribution in [0.3, 0.4) is 0 Å². The zero-order chi connectivity index (χ0) is 24.2. The Morgan fingerprint density at radius 3 is 2.30 bits per heavy atom. The zero-order valence-electron chi connectivity index (χ0n) is 18.4. The van der Waals surface area contributed by atoms with Crippen LogP contribution in [0.5, 0.6) is 0 Å². The first-order valence-corrected chi connectivity index (χ1v) is 10.9. The number of benzene rings is 1. The third kappa shape index (κ3) is 6.34. The number of nitro groups is 1. The first-order chi connectivity index (χ1) is 15.6. The topological polar surface area (TPSA) is 99.0 Å². The average Bonchev–Trinajstić information content (AvgIpc) is 2.78. The van der Waals surface area contributed by atoms with Gasteiger partial charge in [-0.05, 0) is 32.0 Å². The van der Waals surface area contributed by atoms with Crippen LogP contribution in [0.25, 0.3) is 0 Å². The lowest BCUT2D eigenvalue weighted by molar-refractivity contribution is -0.384. The van der Waals surface area contributed by atoms with Gasteiger partial charge in [0.1, 0.15) is 5.69 Å². The van der Waals surface area contributed by atoms with Gasteiger partial charge in [-0.25, -0.2) is 0 Å². The summed E-state index contributed by atoms with van der Waals surface area (Å²) in [4.78, 5) is 41.2. The first-order valence-electron chi connectivity index (χ1n) is 10.9. The van der Waals surface area contributed by atoms with E-state index in [-0.39, 0.29) is 36.4 Å². The number of likely N-dealkylation sites (tertiary alicyclic amines) is 1. The monoisotopic (exact) mass is 471 g/mol. The summed E-state index contributed by atoms with van der Waals surface area (Å²) in [5, 5.41) is 13.8. The molecular formula is C21H28F3N5O4. The van der Waals surface area contributed by atoms with Crippen molar-refractivity contribution in [2.24, 2.45) is 5.92 Å². The van der Waals surface area contributed by atoms with Crippen molar-refractivity contribution in [2.45, 2.75) is 25.4 Å². The summed E-state index contributed by atoms with van der Waals surface area (Å²) >= 11 is 0. The molecule has 9 nitrogen and oxygen atoms in total. The number of halogens is 3. The number of alkyl halides is 3. The van der Waals surface area contributed by atoms with Gasteiger partial charge >= 0.3 is 6.18 Å². The Morgan fingerprint density at radius 2 is 1.73 bits per heavy atom.